The van der Waals surface area contributed by atoms with Crippen LogP contribution in [0, 0.1) is 0 Å². The van der Waals surface area contributed by atoms with Gasteiger partial charge in [0.25, 0.3) is 12.4 Å². The number of aliphatic hydroxyl groups excluding tert-OH is 3. The molecule has 1 saturated heterocycles. The number of hydrogen-bond acceptors (Lipinski definition) is 13. The Hall–Kier alpha value is -4.18. The van der Waals surface area contributed by atoms with Gasteiger partial charge in [-0.2, -0.15) is 15.0 Å². The second kappa shape index (κ2) is 11.9. The first-order chi connectivity index (χ1) is 18.4. The van der Waals surface area contributed by atoms with Gasteiger partial charge in [-0.3, -0.25) is 9.36 Å². The molecule has 4 atom stereocenters. The first-order valence-electron chi connectivity index (χ1n) is 11.7. The van der Waals surface area contributed by atoms with Crippen LogP contribution in [0.4, 0.5) is 11.8 Å². The summed E-state index contributed by atoms with van der Waals surface area (Å²) in [6.45, 7) is 1.74. The fourth-order valence-electron chi connectivity index (χ4n) is 4.02. The van der Waals surface area contributed by atoms with E-state index < -0.39 is 24.5 Å². The minimum Gasteiger partial charge on any atom is -0.483 e. The van der Waals surface area contributed by atoms with Crippen LogP contribution in [0.2, 0.25) is 0 Å². The number of nitrogens with two attached hydrogens (primary N) is 1. The van der Waals surface area contributed by atoms with Crippen molar-refractivity contribution in [1.29, 1.82) is 0 Å². The van der Waals surface area contributed by atoms with E-state index in [0.29, 0.717) is 30.7 Å². The Labute approximate surface area is 216 Å². The number of nitrogens with zero attached hydrogens (tertiary/aromatic N) is 7. The highest BCUT2D eigenvalue weighted by atomic mass is 16.6. The molecule has 0 bridgehead atoms. The Morgan fingerprint density at radius 3 is 2.55 bits per heavy atom. The monoisotopic (exact) mass is 528 g/mol. The molecule has 0 aliphatic carbocycles. The molecule has 6 N–H and O–H groups in total. The largest absolute Gasteiger partial charge is 0.483 e. The summed E-state index contributed by atoms with van der Waals surface area (Å²) in [5.41, 5.74) is 7.82. The van der Waals surface area contributed by atoms with Crippen molar-refractivity contribution in [1.82, 2.24) is 29.7 Å². The minimum atomic E-state index is -1.33. The number of aryl methyl sites for hydroxylation is 1. The van der Waals surface area contributed by atoms with E-state index in [1.807, 2.05) is 37.3 Å². The molecule has 15 nitrogen and oxygen atoms in total. The molecule has 0 spiro atoms. The Bertz CT molecular complexity index is 1350. The van der Waals surface area contributed by atoms with Crippen molar-refractivity contribution < 1.29 is 34.5 Å². The van der Waals surface area contributed by atoms with Crippen molar-refractivity contribution >= 4 is 29.4 Å². The highest BCUT2D eigenvalue weighted by molar-refractivity contribution is 5.83. The summed E-state index contributed by atoms with van der Waals surface area (Å²) in [5.74, 6) is 0.842. The van der Waals surface area contributed by atoms with Crippen LogP contribution < -0.4 is 10.6 Å². The molecule has 0 amide bonds. The van der Waals surface area contributed by atoms with Crippen LogP contribution in [0.15, 0.2) is 41.2 Å². The van der Waals surface area contributed by atoms with Gasteiger partial charge < -0.3 is 40.3 Å². The number of imidazole rings is 1. The zero-order chi connectivity index (χ0) is 27.2. The third-order valence-corrected chi connectivity index (χ3v) is 5.96. The van der Waals surface area contributed by atoms with Crippen molar-refractivity contribution in [2.75, 3.05) is 23.9 Å². The maximum absolute atomic E-state index is 10.8. The zero-order valence-corrected chi connectivity index (χ0v) is 20.4. The molecule has 4 aromatic rings. The van der Waals surface area contributed by atoms with Crippen molar-refractivity contribution in [3.8, 4) is 0 Å². The lowest BCUT2D eigenvalue weighted by molar-refractivity contribution is -0.122. The molecule has 1 aliphatic heterocycles. The second-order valence-electron chi connectivity index (χ2n) is 8.31. The van der Waals surface area contributed by atoms with Gasteiger partial charge in [-0.05, 0) is 12.0 Å². The number of aliphatic hydroxyl groups is 3. The van der Waals surface area contributed by atoms with E-state index in [-0.39, 0.29) is 36.5 Å². The zero-order valence-electron chi connectivity index (χ0n) is 20.4. The lowest BCUT2D eigenvalue weighted by atomic mass is 10.1. The SMILES string of the molecule is CCc1noc([C@H]2O[C@@H](n3cnc4c(N)nc(N(CO)CCc5ccccc5)nc43)[C@H](O)[C@@H]2O)n1.O=CO. The van der Waals surface area contributed by atoms with E-state index >= 15 is 0 Å². The number of aromatic nitrogens is 6. The normalized spacial score (nSPS) is 20.7. The Kier molecular flexibility index (Phi) is 8.42. The van der Waals surface area contributed by atoms with Crippen LogP contribution in [0.25, 0.3) is 11.2 Å². The van der Waals surface area contributed by atoms with Crippen molar-refractivity contribution in [3.05, 3.63) is 53.9 Å². The molecule has 3 aromatic heterocycles. The predicted molar refractivity (Wildman–Crippen MR) is 132 cm³/mol. The van der Waals surface area contributed by atoms with E-state index in [0.717, 1.165) is 5.56 Å². The van der Waals surface area contributed by atoms with Gasteiger partial charge in [0.2, 0.25) is 5.95 Å². The number of carbonyl (C=O) groups is 1. The molecular weight excluding hydrogens is 500 g/mol. The summed E-state index contributed by atoms with van der Waals surface area (Å²) in [6, 6.07) is 9.83. The summed E-state index contributed by atoms with van der Waals surface area (Å²) in [6.07, 6.45) is -2.12. The molecule has 15 heteroatoms. The lowest BCUT2D eigenvalue weighted by Crippen LogP contribution is -2.30. The number of ether oxygens (including phenoxy) is 1. The van der Waals surface area contributed by atoms with Gasteiger partial charge in [0.1, 0.15) is 24.5 Å². The summed E-state index contributed by atoms with van der Waals surface area (Å²) < 4.78 is 12.6. The van der Waals surface area contributed by atoms with Crippen molar-refractivity contribution in [2.45, 2.75) is 44.3 Å². The van der Waals surface area contributed by atoms with Gasteiger partial charge in [-0.1, -0.05) is 42.4 Å². The van der Waals surface area contributed by atoms with E-state index in [4.69, 9.17) is 24.9 Å². The highest BCUT2D eigenvalue weighted by Crippen LogP contribution is 2.39. The summed E-state index contributed by atoms with van der Waals surface area (Å²) in [7, 11) is 0. The number of nitrogen functional groups attached to an aromatic ring is 1. The fraction of sp³-hybridized carbons (Fsp3) is 0.391. The quantitative estimate of drug-likeness (QED) is 0.151. The second-order valence-corrected chi connectivity index (χ2v) is 8.31. The Morgan fingerprint density at radius 2 is 1.89 bits per heavy atom. The Balaban J connectivity index is 0.00000107. The third kappa shape index (κ3) is 5.40. The molecule has 0 radical (unpaired) electrons. The molecule has 1 aromatic carbocycles. The summed E-state index contributed by atoms with van der Waals surface area (Å²) in [5, 5.41) is 42.0. The average molecular weight is 529 g/mol. The van der Waals surface area contributed by atoms with Gasteiger partial charge in [0.05, 0.1) is 6.33 Å². The predicted octanol–water partition coefficient (Wildman–Crippen LogP) is 0.0455. The average Bonchev–Trinajstić information content (AvgIpc) is 3.64. The topological polar surface area (TPSA) is 219 Å². The number of anilines is 2. The maximum atomic E-state index is 10.8. The lowest BCUT2D eigenvalue weighted by Gasteiger charge is -2.21. The smallest absolute Gasteiger partial charge is 0.290 e. The Morgan fingerprint density at radius 1 is 1.16 bits per heavy atom. The van der Waals surface area contributed by atoms with Crippen LogP contribution >= 0.6 is 0 Å². The van der Waals surface area contributed by atoms with E-state index in [2.05, 4.69) is 25.1 Å². The molecule has 38 heavy (non-hydrogen) atoms. The standard InChI is InChI=1S/C22H26N8O5.CH2O2/c1-2-13-25-20(35-28-13)17-15(32)16(33)21(34-17)30-10-24-14-18(23)26-22(27-19(14)30)29(11-31)9-8-12-6-4-3-5-7-12;2-1-3/h3-7,10,15-17,21,31-33H,2,8-9,11H2,1H3,(H2,23,26,27);1H,(H,2,3)/t15-,16+,17-,21+;/m0./s1. The molecule has 0 unspecified atom stereocenters. The molecule has 202 valence electrons. The molecule has 1 aliphatic rings. The highest BCUT2D eigenvalue weighted by Gasteiger charge is 2.47. The number of fused-ring (bicyclic) bond motifs is 1. The van der Waals surface area contributed by atoms with Crippen LogP contribution in [0.3, 0.4) is 0 Å². The molecule has 4 heterocycles. The first-order valence-corrected chi connectivity index (χ1v) is 11.7. The summed E-state index contributed by atoms with van der Waals surface area (Å²) in [4.78, 5) is 27.3. The molecular formula is C23H28N8O7. The van der Waals surface area contributed by atoms with Crippen molar-refractivity contribution in [3.63, 3.8) is 0 Å². The van der Waals surface area contributed by atoms with Gasteiger partial charge in [0.15, 0.2) is 29.6 Å². The number of benzene rings is 1. The number of rotatable bonds is 8. The third-order valence-electron chi connectivity index (χ3n) is 5.96. The van der Waals surface area contributed by atoms with E-state index in [1.54, 1.807) is 4.90 Å². The van der Waals surface area contributed by atoms with Crippen LogP contribution in [0.1, 0.15) is 36.5 Å². The number of hydrogen-bond donors (Lipinski definition) is 5. The van der Waals surface area contributed by atoms with E-state index in [9.17, 15) is 15.3 Å². The van der Waals surface area contributed by atoms with Gasteiger partial charge >= 0.3 is 0 Å². The van der Waals surface area contributed by atoms with Crippen LogP contribution in [-0.2, 0) is 22.4 Å². The molecule has 0 saturated carbocycles. The number of carboxylic acid groups (broad SMARTS) is 1. The van der Waals surface area contributed by atoms with Gasteiger partial charge in [-0.25, -0.2) is 4.98 Å². The van der Waals surface area contributed by atoms with Gasteiger partial charge in [0, 0.05) is 13.0 Å². The summed E-state index contributed by atoms with van der Waals surface area (Å²) >= 11 is 0. The first kappa shape index (κ1) is 26.9. The van der Waals surface area contributed by atoms with Crippen LogP contribution in [0.5, 0.6) is 0 Å². The fourth-order valence-corrected chi connectivity index (χ4v) is 4.02. The molecule has 1 fully saturated rings. The van der Waals surface area contributed by atoms with E-state index in [1.165, 1.54) is 10.9 Å². The molecule has 5 rings (SSSR count). The van der Waals surface area contributed by atoms with Gasteiger partial charge in [-0.15, -0.1) is 0 Å². The van der Waals surface area contributed by atoms with Crippen LogP contribution in [-0.4, -0.2) is 82.0 Å². The minimum absolute atomic E-state index is 0.0718. The maximum Gasteiger partial charge on any atom is 0.290 e. The van der Waals surface area contributed by atoms with Crippen molar-refractivity contribution in [2.24, 2.45) is 0 Å².